The van der Waals surface area contributed by atoms with Crippen LogP contribution in [0.15, 0.2) is 64.0 Å². The summed E-state index contributed by atoms with van der Waals surface area (Å²) in [5, 5.41) is 6.65. The molecule has 1 atom stereocenters. The molecular formula is C18H17N3O3S. The van der Waals surface area contributed by atoms with E-state index in [-0.39, 0.29) is 12.5 Å². The van der Waals surface area contributed by atoms with Gasteiger partial charge in [0, 0.05) is 33.9 Å². The van der Waals surface area contributed by atoms with Crippen molar-refractivity contribution >= 4 is 16.7 Å². The molecule has 128 valence electrons. The minimum Gasteiger partial charge on any atom is -0.343 e. The Morgan fingerprint density at radius 1 is 1.12 bits per heavy atom. The van der Waals surface area contributed by atoms with Crippen molar-refractivity contribution in [2.45, 2.75) is 17.9 Å². The van der Waals surface area contributed by atoms with Crippen molar-refractivity contribution in [3.63, 3.8) is 0 Å². The van der Waals surface area contributed by atoms with Gasteiger partial charge in [0.25, 0.3) is 5.91 Å². The van der Waals surface area contributed by atoms with E-state index in [2.05, 4.69) is 15.5 Å². The molecule has 0 fully saturated rings. The lowest BCUT2D eigenvalue weighted by Crippen LogP contribution is -2.22. The molecule has 3 aromatic rings. The molecule has 0 saturated heterocycles. The van der Waals surface area contributed by atoms with Gasteiger partial charge in [-0.2, -0.15) is 4.98 Å². The summed E-state index contributed by atoms with van der Waals surface area (Å²) in [7, 11) is -1.06. The van der Waals surface area contributed by atoms with Crippen molar-refractivity contribution in [3.8, 4) is 0 Å². The highest BCUT2D eigenvalue weighted by atomic mass is 32.2. The summed E-state index contributed by atoms with van der Waals surface area (Å²) >= 11 is 0. The predicted molar refractivity (Wildman–Crippen MR) is 93.5 cm³/mol. The molecular weight excluding hydrogens is 338 g/mol. The van der Waals surface area contributed by atoms with Crippen molar-refractivity contribution in [1.82, 2.24) is 15.5 Å². The molecule has 25 heavy (non-hydrogen) atoms. The van der Waals surface area contributed by atoms with Crippen LogP contribution in [-0.2, 0) is 23.8 Å². The Morgan fingerprint density at radius 3 is 2.52 bits per heavy atom. The van der Waals surface area contributed by atoms with Gasteiger partial charge in [0.05, 0.1) is 6.54 Å². The number of nitrogens with zero attached hydrogens (tertiary/aromatic N) is 2. The quantitative estimate of drug-likeness (QED) is 0.733. The first-order valence-electron chi connectivity index (χ1n) is 7.69. The van der Waals surface area contributed by atoms with Crippen LogP contribution in [0.4, 0.5) is 0 Å². The molecule has 0 aliphatic carbocycles. The fourth-order valence-corrected chi connectivity index (χ4v) is 2.79. The number of nitrogens with one attached hydrogen (secondary N) is 1. The molecule has 0 unspecified atom stereocenters. The topological polar surface area (TPSA) is 85.1 Å². The SMILES string of the molecule is C[S@](=O)c1ccc(C(=O)NCc2nc(Cc3ccccc3)no2)cc1. The maximum Gasteiger partial charge on any atom is 0.251 e. The van der Waals surface area contributed by atoms with E-state index >= 15 is 0 Å². The summed E-state index contributed by atoms with van der Waals surface area (Å²) in [5.41, 5.74) is 1.57. The van der Waals surface area contributed by atoms with Crippen LogP contribution < -0.4 is 5.32 Å². The van der Waals surface area contributed by atoms with E-state index in [1.54, 1.807) is 30.5 Å². The van der Waals surface area contributed by atoms with E-state index in [0.29, 0.717) is 28.6 Å². The second-order valence-corrected chi connectivity index (χ2v) is 6.81. The number of aromatic nitrogens is 2. The molecule has 0 spiro atoms. The summed E-state index contributed by atoms with van der Waals surface area (Å²) in [6.07, 6.45) is 2.17. The van der Waals surface area contributed by atoms with Crippen molar-refractivity contribution in [2.24, 2.45) is 0 Å². The normalized spacial score (nSPS) is 11.9. The fraction of sp³-hybridized carbons (Fsp3) is 0.167. The summed E-state index contributed by atoms with van der Waals surface area (Å²) in [6, 6.07) is 16.5. The smallest absolute Gasteiger partial charge is 0.251 e. The highest BCUT2D eigenvalue weighted by molar-refractivity contribution is 7.84. The average molecular weight is 355 g/mol. The number of hydrogen-bond donors (Lipinski definition) is 1. The van der Waals surface area contributed by atoms with Gasteiger partial charge in [-0.1, -0.05) is 35.5 Å². The Kier molecular flexibility index (Phi) is 5.35. The summed E-state index contributed by atoms with van der Waals surface area (Å²) in [5.74, 6) is 0.673. The molecule has 1 amide bonds. The number of benzene rings is 2. The van der Waals surface area contributed by atoms with E-state index in [4.69, 9.17) is 4.52 Å². The Labute approximate surface area is 147 Å². The van der Waals surface area contributed by atoms with Gasteiger partial charge in [0.15, 0.2) is 5.82 Å². The maximum atomic E-state index is 12.1. The molecule has 6 nitrogen and oxygen atoms in total. The van der Waals surface area contributed by atoms with Gasteiger partial charge in [-0.15, -0.1) is 0 Å². The van der Waals surface area contributed by atoms with Gasteiger partial charge in [-0.3, -0.25) is 9.00 Å². The first kappa shape index (κ1) is 17.0. The van der Waals surface area contributed by atoms with E-state index in [1.807, 2.05) is 30.3 Å². The highest BCUT2D eigenvalue weighted by Gasteiger charge is 2.10. The fourth-order valence-electron chi connectivity index (χ4n) is 2.27. The van der Waals surface area contributed by atoms with Gasteiger partial charge >= 0.3 is 0 Å². The zero-order valence-electron chi connectivity index (χ0n) is 13.6. The van der Waals surface area contributed by atoms with E-state index in [1.165, 1.54) is 0 Å². The predicted octanol–water partition coefficient (Wildman–Crippen LogP) is 2.33. The average Bonchev–Trinajstić information content (AvgIpc) is 3.08. The lowest BCUT2D eigenvalue weighted by Gasteiger charge is -2.03. The Bertz CT molecular complexity index is 876. The van der Waals surface area contributed by atoms with Crippen LogP contribution >= 0.6 is 0 Å². The summed E-state index contributed by atoms with van der Waals surface area (Å²) in [4.78, 5) is 17.1. The molecule has 7 heteroatoms. The van der Waals surface area contributed by atoms with Crippen LogP contribution in [0.5, 0.6) is 0 Å². The number of amides is 1. The minimum absolute atomic E-state index is 0.155. The molecule has 0 saturated carbocycles. The van der Waals surface area contributed by atoms with Crippen LogP contribution in [-0.4, -0.2) is 26.5 Å². The zero-order chi connectivity index (χ0) is 17.6. The number of carbonyl (C=O) groups excluding carboxylic acids is 1. The van der Waals surface area contributed by atoms with Crippen LogP contribution in [0.25, 0.3) is 0 Å². The van der Waals surface area contributed by atoms with Crippen molar-refractivity contribution < 1.29 is 13.5 Å². The second kappa shape index (κ2) is 7.85. The molecule has 2 aromatic carbocycles. The van der Waals surface area contributed by atoms with Crippen LogP contribution in [0.3, 0.4) is 0 Å². The number of rotatable bonds is 6. The van der Waals surface area contributed by atoms with E-state index < -0.39 is 10.8 Å². The molecule has 0 aliphatic heterocycles. The van der Waals surface area contributed by atoms with Crippen LogP contribution in [0.2, 0.25) is 0 Å². The monoisotopic (exact) mass is 355 g/mol. The lowest BCUT2D eigenvalue weighted by atomic mass is 10.1. The first-order chi connectivity index (χ1) is 12.1. The third-order valence-electron chi connectivity index (χ3n) is 3.56. The Morgan fingerprint density at radius 2 is 1.84 bits per heavy atom. The van der Waals surface area contributed by atoms with Crippen LogP contribution in [0, 0.1) is 0 Å². The molecule has 3 rings (SSSR count). The minimum atomic E-state index is -1.06. The molecule has 0 aliphatic rings. The molecule has 1 aromatic heterocycles. The van der Waals surface area contributed by atoms with Crippen molar-refractivity contribution in [3.05, 3.63) is 77.4 Å². The van der Waals surface area contributed by atoms with Crippen LogP contribution in [0.1, 0.15) is 27.6 Å². The van der Waals surface area contributed by atoms with Gasteiger partial charge in [0.2, 0.25) is 5.89 Å². The van der Waals surface area contributed by atoms with Crippen molar-refractivity contribution in [1.29, 1.82) is 0 Å². The van der Waals surface area contributed by atoms with Gasteiger partial charge in [0.1, 0.15) is 0 Å². The van der Waals surface area contributed by atoms with Gasteiger partial charge in [-0.25, -0.2) is 0 Å². The summed E-state index contributed by atoms with van der Waals surface area (Å²) < 4.78 is 16.5. The molecule has 1 N–H and O–H groups in total. The second-order valence-electron chi connectivity index (χ2n) is 5.43. The van der Waals surface area contributed by atoms with Gasteiger partial charge in [-0.05, 0) is 29.8 Å². The largest absolute Gasteiger partial charge is 0.343 e. The zero-order valence-corrected chi connectivity index (χ0v) is 14.5. The van der Waals surface area contributed by atoms with E-state index in [0.717, 1.165) is 5.56 Å². The first-order valence-corrected chi connectivity index (χ1v) is 9.25. The third-order valence-corrected chi connectivity index (χ3v) is 4.50. The highest BCUT2D eigenvalue weighted by Crippen LogP contribution is 2.09. The molecule has 0 radical (unpaired) electrons. The molecule has 1 heterocycles. The Balaban J connectivity index is 1.56. The Hall–Kier alpha value is -2.80. The molecule has 0 bridgehead atoms. The number of hydrogen-bond acceptors (Lipinski definition) is 5. The standard InChI is InChI=1S/C18H17N3O3S/c1-25(23)15-9-7-14(8-10-15)18(22)19-12-17-20-16(21-24-17)11-13-5-3-2-4-6-13/h2-10H,11-12H2,1H3,(H,19,22)/t25-/m0/s1. The van der Waals surface area contributed by atoms with Crippen molar-refractivity contribution in [2.75, 3.05) is 6.26 Å². The van der Waals surface area contributed by atoms with Gasteiger partial charge < -0.3 is 9.84 Å². The number of carbonyl (C=O) groups is 1. The maximum absolute atomic E-state index is 12.1. The summed E-state index contributed by atoms with van der Waals surface area (Å²) in [6.45, 7) is 0.155. The lowest BCUT2D eigenvalue weighted by molar-refractivity contribution is 0.0946. The van der Waals surface area contributed by atoms with E-state index in [9.17, 15) is 9.00 Å². The third kappa shape index (κ3) is 4.60.